The monoisotopic (exact) mass is 316 g/mol. The third kappa shape index (κ3) is 3.23. The number of hydrogen-bond donors (Lipinski definition) is 2. The minimum absolute atomic E-state index is 0.0320. The average Bonchev–Trinajstić information content (AvgIpc) is 2.75. The second-order valence-corrected chi connectivity index (χ2v) is 5.11. The van der Waals surface area contributed by atoms with E-state index in [1.54, 1.807) is 5.38 Å². The highest BCUT2D eigenvalue weighted by Crippen LogP contribution is 2.24. The zero-order valence-electron chi connectivity index (χ0n) is 9.18. The number of nitrogens with zero attached hydrogens (tertiary/aromatic N) is 1. The molecule has 2 rings (SSSR count). The summed E-state index contributed by atoms with van der Waals surface area (Å²) in [7, 11) is 0. The normalized spacial score (nSPS) is 10.2. The van der Waals surface area contributed by atoms with Crippen LogP contribution < -0.4 is 5.32 Å². The number of carbonyl (C=O) groups is 2. The maximum Gasteiger partial charge on any atom is 0.338 e. The molecule has 0 spiro atoms. The molecule has 0 aliphatic heterocycles. The van der Waals surface area contributed by atoms with E-state index in [1.807, 2.05) is 0 Å². The van der Waals surface area contributed by atoms with Crippen LogP contribution in [0, 0.1) is 0 Å². The number of carboxylic acid groups (broad SMARTS) is 1. The molecule has 98 valence electrons. The van der Waals surface area contributed by atoms with Crippen LogP contribution in [0.2, 0.25) is 10.3 Å². The van der Waals surface area contributed by atoms with E-state index in [1.165, 1.54) is 18.2 Å². The minimum Gasteiger partial charge on any atom is -0.478 e. The van der Waals surface area contributed by atoms with Crippen molar-refractivity contribution < 1.29 is 14.7 Å². The van der Waals surface area contributed by atoms with Crippen LogP contribution in [-0.4, -0.2) is 22.0 Å². The first-order chi connectivity index (χ1) is 8.97. The second kappa shape index (κ2) is 5.56. The van der Waals surface area contributed by atoms with E-state index in [0.29, 0.717) is 0 Å². The molecular weight excluding hydrogens is 311 g/mol. The Labute approximate surface area is 121 Å². The molecule has 0 atom stereocenters. The van der Waals surface area contributed by atoms with Crippen LogP contribution in [0.3, 0.4) is 0 Å². The topological polar surface area (TPSA) is 79.3 Å². The molecule has 1 amide bonds. The highest BCUT2D eigenvalue weighted by Gasteiger charge is 2.15. The Morgan fingerprint density at radius 3 is 2.47 bits per heavy atom. The van der Waals surface area contributed by atoms with Crippen LogP contribution in [0.1, 0.15) is 20.7 Å². The molecular formula is C11H6Cl2N2O3S. The summed E-state index contributed by atoms with van der Waals surface area (Å²) in [6.45, 7) is 0. The number of aromatic carboxylic acids is 1. The van der Waals surface area contributed by atoms with E-state index in [0.717, 1.165) is 11.3 Å². The fourth-order valence-electron chi connectivity index (χ4n) is 1.35. The smallest absolute Gasteiger partial charge is 0.338 e. The van der Waals surface area contributed by atoms with Gasteiger partial charge in [-0.25, -0.2) is 9.78 Å². The number of rotatable bonds is 3. The number of anilines is 1. The molecule has 5 nitrogen and oxygen atoms in total. The summed E-state index contributed by atoms with van der Waals surface area (Å²) in [5.74, 6) is -1.61. The zero-order valence-corrected chi connectivity index (χ0v) is 11.5. The summed E-state index contributed by atoms with van der Waals surface area (Å²) >= 11 is 12.5. The van der Waals surface area contributed by atoms with Crippen LogP contribution in [-0.2, 0) is 0 Å². The van der Waals surface area contributed by atoms with Crippen molar-refractivity contribution in [1.29, 1.82) is 0 Å². The number of carbonyl (C=O) groups excluding carboxylic acids is 1. The van der Waals surface area contributed by atoms with Gasteiger partial charge >= 0.3 is 5.97 Å². The van der Waals surface area contributed by atoms with Gasteiger partial charge in [0.1, 0.15) is 15.3 Å². The summed E-state index contributed by atoms with van der Waals surface area (Å²) in [4.78, 5) is 26.6. The van der Waals surface area contributed by atoms with E-state index in [-0.39, 0.29) is 26.4 Å². The first-order valence-corrected chi connectivity index (χ1v) is 6.56. The number of hydrogen-bond acceptors (Lipinski definition) is 4. The van der Waals surface area contributed by atoms with Crippen molar-refractivity contribution >= 4 is 51.4 Å². The van der Waals surface area contributed by atoms with Crippen molar-refractivity contribution in [1.82, 2.24) is 4.98 Å². The summed E-state index contributed by atoms with van der Waals surface area (Å²) in [6, 6.07) is 4.10. The predicted octanol–water partition coefficient (Wildman–Crippen LogP) is 3.40. The number of thiophene rings is 1. The first kappa shape index (κ1) is 13.8. The third-order valence-electron chi connectivity index (χ3n) is 2.15. The molecule has 0 fully saturated rings. The second-order valence-electron chi connectivity index (χ2n) is 3.42. The van der Waals surface area contributed by atoms with Gasteiger partial charge in [-0.1, -0.05) is 23.2 Å². The van der Waals surface area contributed by atoms with Crippen molar-refractivity contribution in [3.63, 3.8) is 0 Å². The highest BCUT2D eigenvalue weighted by molar-refractivity contribution is 7.14. The SMILES string of the molecule is O=C(Nc1sccc1C(=O)O)c1cc(Cl)nc(Cl)c1. The van der Waals surface area contributed by atoms with Crippen molar-refractivity contribution in [2.75, 3.05) is 5.32 Å². The third-order valence-corrected chi connectivity index (χ3v) is 3.36. The zero-order chi connectivity index (χ0) is 14.0. The lowest BCUT2D eigenvalue weighted by molar-refractivity contribution is 0.0698. The molecule has 19 heavy (non-hydrogen) atoms. The van der Waals surface area contributed by atoms with Gasteiger partial charge < -0.3 is 10.4 Å². The lowest BCUT2D eigenvalue weighted by atomic mass is 10.2. The van der Waals surface area contributed by atoms with Gasteiger partial charge in [-0.3, -0.25) is 4.79 Å². The molecule has 0 aromatic carbocycles. The van der Waals surface area contributed by atoms with Gasteiger partial charge in [0.25, 0.3) is 5.91 Å². The maximum absolute atomic E-state index is 11.9. The predicted molar refractivity (Wildman–Crippen MR) is 73.5 cm³/mol. The molecule has 0 bridgehead atoms. The Hall–Kier alpha value is -1.63. The van der Waals surface area contributed by atoms with E-state index in [4.69, 9.17) is 28.3 Å². The number of pyridine rings is 1. The Kier molecular flexibility index (Phi) is 4.04. The molecule has 2 aromatic heterocycles. The largest absolute Gasteiger partial charge is 0.478 e. The van der Waals surface area contributed by atoms with Gasteiger partial charge in [-0.15, -0.1) is 11.3 Å². The van der Waals surface area contributed by atoms with Gasteiger partial charge in [-0.2, -0.15) is 0 Å². The van der Waals surface area contributed by atoms with Crippen molar-refractivity contribution in [2.45, 2.75) is 0 Å². The fourth-order valence-corrected chi connectivity index (χ4v) is 2.58. The Morgan fingerprint density at radius 1 is 1.26 bits per heavy atom. The number of aromatic nitrogens is 1. The average molecular weight is 317 g/mol. The molecule has 2 aromatic rings. The van der Waals surface area contributed by atoms with E-state index in [9.17, 15) is 9.59 Å². The number of halogens is 2. The van der Waals surface area contributed by atoms with Gasteiger partial charge in [0.05, 0.1) is 5.56 Å². The molecule has 0 aliphatic rings. The van der Waals surface area contributed by atoms with E-state index in [2.05, 4.69) is 10.3 Å². The first-order valence-electron chi connectivity index (χ1n) is 4.92. The lowest BCUT2D eigenvalue weighted by Crippen LogP contribution is -2.13. The molecule has 0 aliphatic carbocycles. The molecule has 0 saturated carbocycles. The summed E-state index contributed by atoms with van der Waals surface area (Å²) in [5, 5.41) is 13.4. The van der Waals surface area contributed by atoms with E-state index >= 15 is 0 Å². The number of amides is 1. The van der Waals surface area contributed by atoms with Crippen LogP contribution >= 0.6 is 34.5 Å². The molecule has 2 N–H and O–H groups in total. The van der Waals surface area contributed by atoms with Gasteiger partial charge in [0.15, 0.2) is 0 Å². The van der Waals surface area contributed by atoms with Gasteiger partial charge in [0, 0.05) is 5.56 Å². The molecule has 0 radical (unpaired) electrons. The lowest BCUT2D eigenvalue weighted by Gasteiger charge is -2.05. The van der Waals surface area contributed by atoms with Crippen molar-refractivity contribution in [2.24, 2.45) is 0 Å². The summed E-state index contributed by atoms with van der Waals surface area (Å²) in [6.07, 6.45) is 0. The Balaban J connectivity index is 2.25. The van der Waals surface area contributed by atoms with Crippen molar-refractivity contribution in [3.05, 3.63) is 45.0 Å². The van der Waals surface area contributed by atoms with Crippen LogP contribution in [0.4, 0.5) is 5.00 Å². The standard InChI is InChI=1S/C11H6Cl2N2O3S/c12-7-3-5(4-8(13)14-7)9(16)15-10-6(11(17)18)1-2-19-10/h1-4H,(H,15,16)(H,17,18). The Bertz CT molecular complexity index is 637. The fraction of sp³-hybridized carbons (Fsp3) is 0. The highest BCUT2D eigenvalue weighted by atomic mass is 35.5. The van der Waals surface area contributed by atoms with Crippen molar-refractivity contribution in [3.8, 4) is 0 Å². The van der Waals surface area contributed by atoms with Crippen LogP contribution in [0.15, 0.2) is 23.6 Å². The quantitative estimate of drug-likeness (QED) is 0.850. The minimum atomic E-state index is -1.11. The molecule has 2 heterocycles. The Morgan fingerprint density at radius 2 is 1.89 bits per heavy atom. The maximum atomic E-state index is 11.9. The van der Waals surface area contributed by atoms with Gasteiger partial charge in [0.2, 0.25) is 0 Å². The summed E-state index contributed by atoms with van der Waals surface area (Å²) in [5.41, 5.74) is 0.235. The van der Waals surface area contributed by atoms with Gasteiger partial charge in [-0.05, 0) is 23.6 Å². The van der Waals surface area contributed by atoms with E-state index < -0.39 is 11.9 Å². The molecule has 0 saturated heterocycles. The molecule has 8 heteroatoms. The number of carboxylic acids is 1. The summed E-state index contributed by atoms with van der Waals surface area (Å²) < 4.78 is 0. The molecule has 0 unspecified atom stereocenters. The van der Waals surface area contributed by atoms with Crippen LogP contribution in [0.25, 0.3) is 0 Å². The van der Waals surface area contributed by atoms with Crippen LogP contribution in [0.5, 0.6) is 0 Å². The number of nitrogens with one attached hydrogen (secondary N) is 1.